The number of amides is 1. The normalized spacial score (nSPS) is 11.1. The number of rotatable bonds is 3. The number of carbonyl (C=O) groups excluding carboxylic acids is 1. The Labute approximate surface area is 169 Å². The van der Waals surface area contributed by atoms with Crippen LogP contribution in [0.4, 0.5) is 14.5 Å². The Morgan fingerprint density at radius 2 is 1.83 bits per heavy atom. The van der Waals surface area contributed by atoms with Crippen molar-refractivity contribution in [1.29, 1.82) is 0 Å². The Morgan fingerprint density at radius 3 is 2.52 bits per heavy atom. The first-order chi connectivity index (χ1) is 13.8. The van der Waals surface area contributed by atoms with Gasteiger partial charge in [0.05, 0.1) is 33.0 Å². The van der Waals surface area contributed by atoms with Crippen molar-refractivity contribution in [1.82, 2.24) is 14.8 Å². The lowest BCUT2D eigenvalue weighted by molar-refractivity contribution is 0.102. The first-order valence-electron chi connectivity index (χ1n) is 8.72. The number of anilines is 1. The average molecular weight is 413 g/mol. The highest BCUT2D eigenvalue weighted by Crippen LogP contribution is 2.30. The summed E-state index contributed by atoms with van der Waals surface area (Å²) < 4.78 is 28.6. The Bertz CT molecular complexity index is 1250. The summed E-state index contributed by atoms with van der Waals surface area (Å²) >= 11 is 6.49. The van der Waals surface area contributed by atoms with E-state index in [9.17, 15) is 13.6 Å². The molecule has 1 amide bonds. The Morgan fingerprint density at radius 1 is 1.10 bits per heavy atom. The van der Waals surface area contributed by atoms with E-state index in [-0.39, 0.29) is 16.3 Å². The molecule has 0 unspecified atom stereocenters. The second-order valence-corrected chi connectivity index (χ2v) is 6.97. The van der Waals surface area contributed by atoms with E-state index >= 15 is 0 Å². The first kappa shape index (κ1) is 19.0. The summed E-state index contributed by atoms with van der Waals surface area (Å²) in [5.74, 6) is -2.27. The maximum absolute atomic E-state index is 13.8. The predicted molar refractivity (Wildman–Crippen MR) is 108 cm³/mol. The third-order valence-corrected chi connectivity index (χ3v) is 4.90. The van der Waals surface area contributed by atoms with Crippen LogP contribution in [0, 0.1) is 25.5 Å². The molecule has 0 saturated carbocycles. The van der Waals surface area contributed by atoms with Gasteiger partial charge in [0, 0.05) is 12.3 Å². The molecule has 0 bridgehead atoms. The van der Waals surface area contributed by atoms with E-state index in [1.54, 1.807) is 11.6 Å². The third kappa shape index (κ3) is 3.45. The predicted octanol–water partition coefficient (Wildman–Crippen LogP) is 5.22. The van der Waals surface area contributed by atoms with Gasteiger partial charge in [0.25, 0.3) is 5.91 Å². The van der Waals surface area contributed by atoms with E-state index in [4.69, 9.17) is 11.6 Å². The number of aryl methyl sites for hydroxylation is 2. The van der Waals surface area contributed by atoms with Crippen LogP contribution in [0.1, 0.15) is 21.6 Å². The number of hydrogen-bond donors (Lipinski definition) is 1. The largest absolute Gasteiger partial charge is 0.319 e. The minimum Gasteiger partial charge on any atom is -0.319 e. The number of fused-ring (bicyclic) bond motifs is 1. The number of pyridine rings is 1. The standard InChI is InChI=1S/C21H15ClF2N4O/c1-11-3-6-14(7-4-11)28-20-18(12(2)27-28)19(22)15(10-25-20)21(29)26-17-8-5-13(23)9-16(17)24/h3-10H,1-2H3,(H,26,29). The lowest BCUT2D eigenvalue weighted by atomic mass is 10.2. The number of halogens is 3. The van der Waals surface area contributed by atoms with Crippen molar-refractivity contribution in [2.45, 2.75) is 13.8 Å². The molecule has 0 spiro atoms. The van der Waals surface area contributed by atoms with Gasteiger partial charge in [-0.25, -0.2) is 18.4 Å². The molecule has 0 aliphatic carbocycles. The van der Waals surface area contributed by atoms with Crippen LogP contribution in [-0.4, -0.2) is 20.7 Å². The van der Waals surface area contributed by atoms with E-state index in [2.05, 4.69) is 15.4 Å². The summed E-state index contributed by atoms with van der Waals surface area (Å²) in [4.78, 5) is 17.0. The summed E-state index contributed by atoms with van der Waals surface area (Å²) in [6.45, 7) is 3.75. The van der Waals surface area contributed by atoms with Gasteiger partial charge in [-0.05, 0) is 38.1 Å². The highest BCUT2D eigenvalue weighted by Gasteiger charge is 2.20. The van der Waals surface area contributed by atoms with Crippen molar-refractivity contribution in [3.63, 3.8) is 0 Å². The number of benzene rings is 2. The molecule has 0 atom stereocenters. The number of aromatic nitrogens is 3. The first-order valence-corrected chi connectivity index (χ1v) is 9.10. The highest BCUT2D eigenvalue weighted by molar-refractivity contribution is 6.39. The zero-order chi connectivity index (χ0) is 20.7. The zero-order valence-electron chi connectivity index (χ0n) is 15.5. The summed E-state index contributed by atoms with van der Waals surface area (Å²) in [6, 6.07) is 10.6. The van der Waals surface area contributed by atoms with Crippen molar-refractivity contribution < 1.29 is 13.6 Å². The van der Waals surface area contributed by atoms with Crippen molar-refractivity contribution in [2.24, 2.45) is 0 Å². The molecule has 0 radical (unpaired) electrons. The van der Waals surface area contributed by atoms with Crippen LogP contribution in [-0.2, 0) is 0 Å². The number of nitrogens with one attached hydrogen (secondary N) is 1. The molecule has 29 heavy (non-hydrogen) atoms. The van der Waals surface area contributed by atoms with Crippen LogP contribution in [0.25, 0.3) is 16.7 Å². The molecule has 0 fully saturated rings. The van der Waals surface area contributed by atoms with Gasteiger partial charge in [0.15, 0.2) is 5.65 Å². The molecule has 146 valence electrons. The lowest BCUT2D eigenvalue weighted by Gasteiger charge is -2.09. The molecule has 0 saturated heterocycles. The quantitative estimate of drug-likeness (QED) is 0.501. The molecule has 2 aromatic heterocycles. The molecule has 0 aliphatic heterocycles. The molecule has 1 N–H and O–H groups in total. The Balaban J connectivity index is 1.75. The van der Waals surface area contributed by atoms with Crippen molar-refractivity contribution in [3.8, 4) is 5.69 Å². The van der Waals surface area contributed by atoms with Crippen molar-refractivity contribution in [2.75, 3.05) is 5.32 Å². The van der Waals surface area contributed by atoms with Gasteiger partial charge in [0.1, 0.15) is 11.6 Å². The number of hydrogen-bond acceptors (Lipinski definition) is 3. The maximum Gasteiger partial charge on any atom is 0.258 e. The molecule has 2 aromatic carbocycles. The van der Waals surface area contributed by atoms with Crippen LogP contribution in [0.15, 0.2) is 48.7 Å². The summed E-state index contributed by atoms with van der Waals surface area (Å²) in [7, 11) is 0. The topological polar surface area (TPSA) is 59.8 Å². The van der Waals surface area contributed by atoms with Crippen molar-refractivity contribution in [3.05, 3.63) is 82.1 Å². The van der Waals surface area contributed by atoms with Gasteiger partial charge in [-0.1, -0.05) is 29.3 Å². The average Bonchev–Trinajstić information content (AvgIpc) is 3.02. The third-order valence-electron chi connectivity index (χ3n) is 4.51. The SMILES string of the molecule is Cc1ccc(-n2nc(C)c3c(Cl)c(C(=O)Nc4ccc(F)cc4F)cnc32)cc1. The van der Waals surface area contributed by atoms with Crippen LogP contribution >= 0.6 is 11.6 Å². The second kappa shape index (κ2) is 7.25. The molecule has 5 nitrogen and oxygen atoms in total. The van der Waals surface area contributed by atoms with E-state index in [0.717, 1.165) is 23.4 Å². The molecule has 4 rings (SSSR count). The fourth-order valence-electron chi connectivity index (χ4n) is 3.01. The van der Waals surface area contributed by atoms with E-state index in [1.165, 1.54) is 6.20 Å². The monoisotopic (exact) mass is 412 g/mol. The summed E-state index contributed by atoms with van der Waals surface area (Å²) in [6.07, 6.45) is 1.31. The van der Waals surface area contributed by atoms with E-state index in [1.807, 2.05) is 31.2 Å². The van der Waals surface area contributed by atoms with Crippen LogP contribution in [0.3, 0.4) is 0 Å². The Hall–Kier alpha value is -3.32. The molecular weight excluding hydrogens is 398 g/mol. The fraction of sp³-hybridized carbons (Fsp3) is 0.0952. The Kier molecular flexibility index (Phi) is 4.76. The maximum atomic E-state index is 13.8. The lowest BCUT2D eigenvalue weighted by Crippen LogP contribution is -2.14. The van der Waals surface area contributed by atoms with Crippen LogP contribution in [0.2, 0.25) is 5.02 Å². The summed E-state index contributed by atoms with van der Waals surface area (Å²) in [5.41, 5.74) is 2.93. The van der Waals surface area contributed by atoms with E-state index < -0.39 is 17.5 Å². The van der Waals surface area contributed by atoms with Crippen molar-refractivity contribution >= 4 is 34.2 Å². The van der Waals surface area contributed by atoms with Gasteiger partial charge in [-0.3, -0.25) is 4.79 Å². The fourth-order valence-corrected chi connectivity index (χ4v) is 3.37. The van der Waals surface area contributed by atoms with E-state index in [0.29, 0.717) is 22.8 Å². The molecule has 8 heteroatoms. The number of carbonyl (C=O) groups is 1. The minimum atomic E-state index is -0.883. The highest BCUT2D eigenvalue weighted by atomic mass is 35.5. The van der Waals surface area contributed by atoms with Crippen LogP contribution < -0.4 is 5.32 Å². The smallest absolute Gasteiger partial charge is 0.258 e. The van der Waals surface area contributed by atoms with Gasteiger partial charge in [-0.15, -0.1) is 0 Å². The van der Waals surface area contributed by atoms with Gasteiger partial charge < -0.3 is 5.32 Å². The molecule has 2 heterocycles. The minimum absolute atomic E-state index is 0.0643. The number of nitrogens with zero attached hydrogens (tertiary/aromatic N) is 3. The van der Waals surface area contributed by atoms with Gasteiger partial charge in [-0.2, -0.15) is 5.10 Å². The van der Waals surface area contributed by atoms with Crippen LogP contribution in [0.5, 0.6) is 0 Å². The molecule has 0 aliphatic rings. The second-order valence-electron chi connectivity index (χ2n) is 6.60. The summed E-state index contributed by atoms with van der Waals surface area (Å²) in [5, 5.41) is 7.57. The van der Waals surface area contributed by atoms with Gasteiger partial charge in [0.2, 0.25) is 0 Å². The zero-order valence-corrected chi connectivity index (χ0v) is 16.3. The molecule has 4 aromatic rings. The van der Waals surface area contributed by atoms with Gasteiger partial charge >= 0.3 is 0 Å². The molecular formula is C21H15ClF2N4O.